The number of pyridine rings is 1. The Morgan fingerprint density at radius 3 is 2.84 bits per heavy atom. The lowest BCUT2D eigenvalue weighted by atomic mass is 10.1. The van der Waals surface area contributed by atoms with Crippen LogP contribution in [0.1, 0.15) is 53.8 Å². The summed E-state index contributed by atoms with van der Waals surface area (Å²) in [5, 5.41) is 16.5. The third kappa shape index (κ3) is 4.36. The monoisotopic (exact) mass is 417 g/mol. The molecule has 0 atom stereocenters. The normalized spacial score (nSPS) is 13.9. The molecule has 0 saturated carbocycles. The predicted octanol–water partition coefficient (Wildman–Crippen LogP) is 2.85. The van der Waals surface area contributed by atoms with Crippen molar-refractivity contribution in [2.24, 2.45) is 0 Å². The lowest BCUT2D eigenvalue weighted by molar-refractivity contribution is -0.121. The number of carbonyl (C=O) groups is 1. The Balaban J connectivity index is 1.40. The van der Waals surface area contributed by atoms with Gasteiger partial charge in [-0.05, 0) is 51.2 Å². The molecule has 0 unspecified atom stereocenters. The average Bonchev–Trinajstić information content (AvgIpc) is 3.21. The summed E-state index contributed by atoms with van der Waals surface area (Å²) >= 11 is 0. The van der Waals surface area contributed by atoms with Gasteiger partial charge in [0.05, 0.1) is 6.20 Å². The average molecular weight is 418 g/mol. The highest BCUT2D eigenvalue weighted by Crippen LogP contribution is 2.22. The summed E-state index contributed by atoms with van der Waals surface area (Å²) in [4.78, 5) is 24.0. The SMILES string of the molecule is Cc1nc2c(C#N)cnn2c(C)c1CCC(=O)NCc1cccnc1N1CCCCC1. The van der Waals surface area contributed by atoms with E-state index in [0.29, 0.717) is 30.6 Å². The van der Waals surface area contributed by atoms with Crippen molar-refractivity contribution in [3.8, 4) is 6.07 Å². The van der Waals surface area contributed by atoms with Crippen molar-refractivity contribution in [2.45, 2.75) is 52.5 Å². The zero-order chi connectivity index (χ0) is 21.8. The Morgan fingerprint density at radius 1 is 1.26 bits per heavy atom. The van der Waals surface area contributed by atoms with Crippen LogP contribution in [-0.4, -0.2) is 38.6 Å². The number of nitrogens with one attached hydrogen (secondary N) is 1. The molecule has 160 valence electrons. The molecule has 1 saturated heterocycles. The molecular formula is C23H27N7O. The molecule has 0 aromatic carbocycles. The predicted molar refractivity (Wildman–Crippen MR) is 118 cm³/mol. The Bertz CT molecular complexity index is 1140. The van der Waals surface area contributed by atoms with E-state index in [9.17, 15) is 10.1 Å². The molecule has 31 heavy (non-hydrogen) atoms. The van der Waals surface area contributed by atoms with Crippen molar-refractivity contribution in [2.75, 3.05) is 18.0 Å². The first-order valence-electron chi connectivity index (χ1n) is 10.8. The third-order valence-electron chi connectivity index (χ3n) is 5.93. The number of aromatic nitrogens is 4. The van der Waals surface area contributed by atoms with Gasteiger partial charge >= 0.3 is 0 Å². The van der Waals surface area contributed by atoms with E-state index < -0.39 is 0 Å². The van der Waals surface area contributed by atoms with Crippen LogP contribution in [0.2, 0.25) is 0 Å². The minimum atomic E-state index is -0.00877. The largest absolute Gasteiger partial charge is 0.356 e. The number of aryl methyl sites for hydroxylation is 2. The molecule has 4 heterocycles. The molecule has 8 nitrogen and oxygen atoms in total. The fourth-order valence-corrected chi connectivity index (χ4v) is 4.23. The smallest absolute Gasteiger partial charge is 0.220 e. The summed E-state index contributed by atoms with van der Waals surface area (Å²) in [7, 11) is 0. The number of fused-ring (bicyclic) bond motifs is 1. The summed E-state index contributed by atoms with van der Waals surface area (Å²) in [5.74, 6) is 0.973. The van der Waals surface area contributed by atoms with Crippen molar-refractivity contribution in [3.63, 3.8) is 0 Å². The summed E-state index contributed by atoms with van der Waals surface area (Å²) in [5.41, 5.74) is 4.80. The summed E-state index contributed by atoms with van der Waals surface area (Å²) in [6, 6.07) is 6.07. The van der Waals surface area contributed by atoms with Gasteiger partial charge in [0.1, 0.15) is 17.5 Å². The van der Waals surface area contributed by atoms with E-state index in [4.69, 9.17) is 0 Å². The highest BCUT2D eigenvalue weighted by atomic mass is 16.1. The van der Waals surface area contributed by atoms with E-state index in [1.165, 1.54) is 25.5 Å². The van der Waals surface area contributed by atoms with E-state index in [1.807, 2.05) is 32.2 Å². The number of carbonyl (C=O) groups excluding carboxylic acids is 1. The number of nitriles is 1. The second kappa shape index (κ2) is 9.13. The van der Waals surface area contributed by atoms with Crippen LogP contribution < -0.4 is 10.2 Å². The lowest BCUT2D eigenvalue weighted by Gasteiger charge is -2.29. The first kappa shape index (κ1) is 20.8. The van der Waals surface area contributed by atoms with Gasteiger partial charge in [-0.15, -0.1) is 0 Å². The lowest BCUT2D eigenvalue weighted by Crippen LogP contribution is -2.32. The number of rotatable bonds is 6. The second-order valence-corrected chi connectivity index (χ2v) is 7.98. The van der Waals surface area contributed by atoms with Gasteiger partial charge in [0, 0.05) is 49.2 Å². The highest BCUT2D eigenvalue weighted by molar-refractivity contribution is 5.76. The van der Waals surface area contributed by atoms with E-state index >= 15 is 0 Å². The number of piperidine rings is 1. The summed E-state index contributed by atoms with van der Waals surface area (Å²) in [6.45, 7) is 6.37. The maximum atomic E-state index is 12.6. The number of hydrogen-bond acceptors (Lipinski definition) is 6. The maximum Gasteiger partial charge on any atom is 0.220 e. The van der Waals surface area contributed by atoms with Gasteiger partial charge in [0.25, 0.3) is 0 Å². The van der Waals surface area contributed by atoms with Crippen LogP contribution in [0.5, 0.6) is 0 Å². The Kier molecular flexibility index (Phi) is 6.12. The molecule has 0 radical (unpaired) electrons. The van der Waals surface area contributed by atoms with Crippen molar-refractivity contribution < 1.29 is 4.79 Å². The second-order valence-electron chi connectivity index (χ2n) is 7.98. The number of amides is 1. The van der Waals surface area contributed by atoms with E-state index in [-0.39, 0.29) is 5.91 Å². The van der Waals surface area contributed by atoms with Crippen molar-refractivity contribution >= 4 is 17.4 Å². The molecular weight excluding hydrogens is 390 g/mol. The van der Waals surface area contributed by atoms with Gasteiger partial charge < -0.3 is 10.2 Å². The maximum absolute atomic E-state index is 12.6. The van der Waals surface area contributed by atoms with Crippen LogP contribution in [0.25, 0.3) is 5.65 Å². The quantitative estimate of drug-likeness (QED) is 0.662. The minimum Gasteiger partial charge on any atom is -0.356 e. The van der Waals surface area contributed by atoms with Gasteiger partial charge in [-0.2, -0.15) is 10.4 Å². The zero-order valence-electron chi connectivity index (χ0n) is 18.1. The Labute approximate surface area is 181 Å². The topological polar surface area (TPSA) is 99.2 Å². The number of anilines is 1. The molecule has 1 amide bonds. The van der Waals surface area contributed by atoms with E-state index in [1.54, 1.807) is 4.52 Å². The molecule has 1 aliphatic rings. The van der Waals surface area contributed by atoms with Gasteiger partial charge in [-0.3, -0.25) is 4.79 Å². The highest BCUT2D eigenvalue weighted by Gasteiger charge is 2.17. The zero-order valence-corrected chi connectivity index (χ0v) is 18.1. The molecule has 3 aromatic heterocycles. The molecule has 1 fully saturated rings. The van der Waals surface area contributed by atoms with Gasteiger partial charge in [0.15, 0.2) is 5.65 Å². The van der Waals surface area contributed by atoms with Crippen molar-refractivity contribution in [1.82, 2.24) is 24.9 Å². The molecule has 8 heteroatoms. The molecule has 3 aromatic rings. The first-order chi connectivity index (χ1) is 15.1. The van der Waals surface area contributed by atoms with Crippen LogP contribution in [0.3, 0.4) is 0 Å². The Hall–Kier alpha value is -3.47. The third-order valence-corrected chi connectivity index (χ3v) is 5.93. The van der Waals surface area contributed by atoms with Crippen LogP contribution in [-0.2, 0) is 17.8 Å². The molecule has 0 spiro atoms. The van der Waals surface area contributed by atoms with Gasteiger partial charge in [-0.25, -0.2) is 14.5 Å². The first-order valence-corrected chi connectivity index (χ1v) is 10.8. The summed E-state index contributed by atoms with van der Waals surface area (Å²) in [6.07, 6.45) is 7.92. The minimum absolute atomic E-state index is 0.00877. The van der Waals surface area contributed by atoms with Crippen molar-refractivity contribution in [3.05, 3.63) is 52.6 Å². The number of hydrogen-bond donors (Lipinski definition) is 1. The molecule has 0 aliphatic carbocycles. The van der Waals surface area contributed by atoms with E-state index in [0.717, 1.165) is 41.4 Å². The standard InChI is InChI=1S/C23H27N7O/c1-16-20(17(2)30-23(28-16)19(13-24)15-27-30)8-9-21(31)26-14-18-7-6-10-25-22(18)29-11-4-3-5-12-29/h6-7,10,15H,3-5,8-9,11-12,14H2,1-2H3,(H,26,31). The van der Waals surface area contributed by atoms with E-state index in [2.05, 4.69) is 31.4 Å². The molecule has 0 bridgehead atoms. The van der Waals surface area contributed by atoms with Crippen LogP contribution >= 0.6 is 0 Å². The van der Waals surface area contributed by atoms with Gasteiger partial charge in [-0.1, -0.05) is 6.07 Å². The van der Waals surface area contributed by atoms with Crippen LogP contribution in [0.4, 0.5) is 5.82 Å². The molecule has 1 aliphatic heterocycles. The molecule has 4 rings (SSSR count). The molecule has 1 N–H and O–H groups in total. The van der Waals surface area contributed by atoms with Crippen LogP contribution in [0, 0.1) is 25.2 Å². The number of nitrogens with zero attached hydrogens (tertiary/aromatic N) is 6. The van der Waals surface area contributed by atoms with Crippen molar-refractivity contribution in [1.29, 1.82) is 5.26 Å². The fourth-order valence-electron chi connectivity index (χ4n) is 4.23. The fraction of sp³-hybridized carbons (Fsp3) is 0.435. The summed E-state index contributed by atoms with van der Waals surface area (Å²) < 4.78 is 1.68. The Morgan fingerprint density at radius 2 is 2.06 bits per heavy atom. The van der Waals surface area contributed by atoms with Gasteiger partial charge in [0.2, 0.25) is 5.91 Å². The van der Waals surface area contributed by atoms with Crippen LogP contribution in [0.15, 0.2) is 24.5 Å².